The Bertz CT molecular complexity index is 622. The van der Waals surface area contributed by atoms with E-state index in [9.17, 15) is 0 Å². The summed E-state index contributed by atoms with van der Waals surface area (Å²) in [5.74, 6) is 2.07. The predicted octanol–water partition coefficient (Wildman–Crippen LogP) is 2.46. The summed E-state index contributed by atoms with van der Waals surface area (Å²) in [6.07, 6.45) is 2.14. The Morgan fingerprint density at radius 1 is 1.25 bits per heavy atom. The van der Waals surface area contributed by atoms with E-state index >= 15 is 0 Å². The van der Waals surface area contributed by atoms with Crippen LogP contribution in [0.4, 0.5) is 17.5 Å². The maximum atomic E-state index is 5.76. The number of hydrogen-bond acceptors (Lipinski definition) is 5. The lowest BCUT2D eigenvalue weighted by Gasteiger charge is -2.30. The zero-order chi connectivity index (χ0) is 14.1. The molecule has 5 heteroatoms. The van der Waals surface area contributed by atoms with Crippen LogP contribution in [0.3, 0.4) is 0 Å². The Morgan fingerprint density at radius 3 is 2.85 bits per heavy atom. The third kappa shape index (κ3) is 2.27. The number of benzene rings is 1. The van der Waals surface area contributed by atoms with Gasteiger partial charge in [-0.25, -0.2) is 4.98 Å². The summed E-state index contributed by atoms with van der Waals surface area (Å²) in [5.41, 5.74) is 9.10. The Kier molecular flexibility index (Phi) is 3.18. The van der Waals surface area contributed by atoms with E-state index < -0.39 is 0 Å². The number of nitrogen functional groups attached to an aromatic ring is 1. The second kappa shape index (κ2) is 5.00. The van der Waals surface area contributed by atoms with Gasteiger partial charge in [-0.1, -0.05) is 0 Å². The zero-order valence-corrected chi connectivity index (χ0v) is 11.8. The van der Waals surface area contributed by atoms with Gasteiger partial charge in [0.2, 0.25) is 5.95 Å². The molecule has 0 saturated heterocycles. The zero-order valence-electron chi connectivity index (χ0n) is 11.8. The molecule has 0 spiro atoms. The number of nitrogens with two attached hydrogens (primary N) is 1. The van der Waals surface area contributed by atoms with Crippen LogP contribution in [0.5, 0.6) is 5.75 Å². The van der Waals surface area contributed by atoms with E-state index in [-0.39, 0.29) is 0 Å². The first-order valence-electron chi connectivity index (χ1n) is 6.73. The molecule has 0 fully saturated rings. The highest BCUT2D eigenvalue weighted by molar-refractivity contribution is 5.67. The fourth-order valence-electron chi connectivity index (χ4n) is 2.65. The van der Waals surface area contributed by atoms with Crippen molar-refractivity contribution in [3.8, 4) is 5.75 Å². The molecular weight excluding hydrogens is 252 g/mol. The van der Waals surface area contributed by atoms with Crippen LogP contribution in [0.1, 0.15) is 17.7 Å². The van der Waals surface area contributed by atoms with E-state index in [4.69, 9.17) is 10.5 Å². The molecule has 1 aliphatic rings. The lowest BCUT2D eigenvalue weighted by Crippen LogP contribution is -2.25. The molecule has 0 saturated carbocycles. The maximum Gasteiger partial charge on any atom is 0.222 e. The van der Waals surface area contributed by atoms with Crippen molar-refractivity contribution in [3.63, 3.8) is 0 Å². The van der Waals surface area contributed by atoms with Crippen LogP contribution < -0.4 is 15.4 Å². The van der Waals surface area contributed by atoms with Gasteiger partial charge in [0.25, 0.3) is 0 Å². The molecule has 1 aromatic carbocycles. The molecule has 0 aliphatic carbocycles. The number of aromatic nitrogens is 2. The molecule has 2 aromatic rings. The highest BCUT2D eigenvalue weighted by Gasteiger charge is 2.20. The summed E-state index contributed by atoms with van der Waals surface area (Å²) in [5, 5.41) is 0. The predicted molar refractivity (Wildman–Crippen MR) is 79.5 cm³/mol. The molecule has 2 N–H and O–H groups in total. The van der Waals surface area contributed by atoms with Crippen molar-refractivity contribution >= 4 is 17.5 Å². The number of aryl methyl sites for hydroxylation is 2. The van der Waals surface area contributed by atoms with Gasteiger partial charge in [-0.15, -0.1) is 0 Å². The topological polar surface area (TPSA) is 64.3 Å². The van der Waals surface area contributed by atoms with Gasteiger partial charge < -0.3 is 15.4 Å². The minimum Gasteiger partial charge on any atom is -0.497 e. The van der Waals surface area contributed by atoms with Gasteiger partial charge in [0.1, 0.15) is 11.6 Å². The largest absolute Gasteiger partial charge is 0.497 e. The van der Waals surface area contributed by atoms with E-state index in [1.54, 1.807) is 7.11 Å². The number of nitrogens with zero attached hydrogens (tertiary/aromatic N) is 3. The number of methoxy groups -OCH3 is 1. The molecule has 0 atom stereocenters. The number of anilines is 3. The highest BCUT2D eigenvalue weighted by Crippen LogP contribution is 2.34. The van der Waals surface area contributed by atoms with Gasteiger partial charge in [0.05, 0.1) is 7.11 Å². The standard InChI is InChI=1S/C15H18N4O/c1-10-8-14(18-15(16)17-10)19-7-3-4-11-9-12(20-2)5-6-13(11)19/h5-6,8-9H,3-4,7H2,1-2H3,(H2,16,17,18). The quantitative estimate of drug-likeness (QED) is 0.908. The molecule has 0 radical (unpaired) electrons. The third-order valence-electron chi connectivity index (χ3n) is 3.54. The fourth-order valence-corrected chi connectivity index (χ4v) is 2.65. The second-order valence-electron chi connectivity index (χ2n) is 4.98. The molecule has 3 rings (SSSR count). The summed E-state index contributed by atoms with van der Waals surface area (Å²) >= 11 is 0. The van der Waals surface area contributed by atoms with Crippen molar-refractivity contribution in [3.05, 3.63) is 35.5 Å². The van der Waals surface area contributed by atoms with Gasteiger partial charge in [-0.05, 0) is 43.5 Å². The summed E-state index contributed by atoms with van der Waals surface area (Å²) in [7, 11) is 1.69. The molecule has 0 bridgehead atoms. The average molecular weight is 270 g/mol. The number of ether oxygens (including phenoxy) is 1. The number of rotatable bonds is 2. The van der Waals surface area contributed by atoms with Gasteiger partial charge in [-0.2, -0.15) is 4.98 Å². The molecule has 1 aromatic heterocycles. The first kappa shape index (κ1) is 12.7. The fraction of sp³-hybridized carbons (Fsp3) is 0.333. The summed E-state index contributed by atoms with van der Waals surface area (Å²) in [4.78, 5) is 10.7. The monoisotopic (exact) mass is 270 g/mol. The summed E-state index contributed by atoms with van der Waals surface area (Å²) in [6, 6.07) is 8.13. The second-order valence-corrected chi connectivity index (χ2v) is 4.98. The van der Waals surface area contributed by atoms with E-state index in [0.717, 1.165) is 36.6 Å². The van der Waals surface area contributed by atoms with Crippen molar-refractivity contribution < 1.29 is 4.74 Å². The first-order chi connectivity index (χ1) is 9.67. The minimum absolute atomic E-state index is 0.320. The molecule has 104 valence electrons. The Morgan fingerprint density at radius 2 is 2.10 bits per heavy atom. The molecule has 2 heterocycles. The Balaban J connectivity index is 2.05. The van der Waals surface area contributed by atoms with Crippen LogP contribution in [-0.4, -0.2) is 23.6 Å². The van der Waals surface area contributed by atoms with Crippen LogP contribution in [-0.2, 0) is 6.42 Å². The van der Waals surface area contributed by atoms with Crippen molar-refractivity contribution in [1.29, 1.82) is 0 Å². The van der Waals surface area contributed by atoms with Gasteiger partial charge in [0.15, 0.2) is 0 Å². The first-order valence-corrected chi connectivity index (χ1v) is 6.73. The van der Waals surface area contributed by atoms with Gasteiger partial charge in [-0.3, -0.25) is 0 Å². The van der Waals surface area contributed by atoms with Crippen molar-refractivity contribution in [2.75, 3.05) is 24.3 Å². The molecule has 5 nitrogen and oxygen atoms in total. The summed E-state index contributed by atoms with van der Waals surface area (Å²) in [6.45, 7) is 2.87. The van der Waals surface area contributed by atoms with Crippen molar-refractivity contribution in [1.82, 2.24) is 9.97 Å². The van der Waals surface area contributed by atoms with E-state index in [1.165, 1.54) is 11.3 Å². The average Bonchev–Trinajstić information content (AvgIpc) is 2.45. The number of hydrogen-bond donors (Lipinski definition) is 1. The Hall–Kier alpha value is -2.30. The molecule has 0 amide bonds. The van der Waals surface area contributed by atoms with Gasteiger partial charge >= 0.3 is 0 Å². The van der Waals surface area contributed by atoms with Crippen LogP contribution in [0, 0.1) is 6.92 Å². The van der Waals surface area contributed by atoms with Crippen molar-refractivity contribution in [2.45, 2.75) is 19.8 Å². The van der Waals surface area contributed by atoms with Crippen LogP contribution >= 0.6 is 0 Å². The van der Waals surface area contributed by atoms with Crippen molar-refractivity contribution in [2.24, 2.45) is 0 Å². The minimum atomic E-state index is 0.320. The SMILES string of the molecule is COc1ccc2c(c1)CCCN2c1cc(C)nc(N)n1. The van der Waals surface area contributed by atoms with Crippen LogP contribution in [0.25, 0.3) is 0 Å². The molecular formula is C15H18N4O. The molecule has 20 heavy (non-hydrogen) atoms. The van der Waals surface area contributed by atoms with E-state index in [0.29, 0.717) is 5.95 Å². The van der Waals surface area contributed by atoms with Crippen LogP contribution in [0.15, 0.2) is 24.3 Å². The normalized spacial score (nSPS) is 14.0. The molecule has 1 aliphatic heterocycles. The van der Waals surface area contributed by atoms with Crippen LogP contribution in [0.2, 0.25) is 0 Å². The van der Waals surface area contributed by atoms with E-state index in [2.05, 4.69) is 27.0 Å². The lowest BCUT2D eigenvalue weighted by molar-refractivity contribution is 0.414. The maximum absolute atomic E-state index is 5.76. The highest BCUT2D eigenvalue weighted by atomic mass is 16.5. The smallest absolute Gasteiger partial charge is 0.222 e. The third-order valence-corrected chi connectivity index (χ3v) is 3.54. The van der Waals surface area contributed by atoms with E-state index in [1.807, 2.05) is 19.1 Å². The summed E-state index contributed by atoms with van der Waals surface area (Å²) < 4.78 is 5.30. The Labute approximate surface area is 118 Å². The van der Waals surface area contributed by atoms with Gasteiger partial charge in [0, 0.05) is 24.0 Å². The molecule has 0 unspecified atom stereocenters. The lowest BCUT2D eigenvalue weighted by atomic mass is 10.0. The number of fused-ring (bicyclic) bond motifs is 1.